The Morgan fingerprint density at radius 1 is 1.12 bits per heavy atom. The van der Waals surface area contributed by atoms with Crippen molar-refractivity contribution in [1.82, 2.24) is 5.32 Å². The molecule has 32 heavy (non-hydrogen) atoms. The first-order valence-electron chi connectivity index (χ1n) is 10.5. The number of nitrogens with one attached hydrogen (secondary N) is 1. The Hall–Kier alpha value is -3.79. The SMILES string of the molecule is CCCCNC(=O)/C(C#N)=C/c1ccc(OC(=O)COc2cccc(CC)c2)c(OC)c1. The molecule has 0 saturated carbocycles. The van der Waals surface area contributed by atoms with Gasteiger partial charge in [0.1, 0.15) is 17.4 Å². The number of methoxy groups -OCH3 is 1. The molecule has 1 amide bonds. The molecule has 0 fully saturated rings. The van der Waals surface area contributed by atoms with Gasteiger partial charge in [0, 0.05) is 6.54 Å². The lowest BCUT2D eigenvalue weighted by Crippen LogP contribution is -2.25. The monoisotopic (exact) mass is 436 g/mol. The molecule has 0 aliphatic rings. The van der Waals surface area contributed by atoms with Gasteiger partial charge in [-0.1, -0.05) is 38.5 Å². The maximum Gasteiger partial charge on any atom is 0.349 e. The van der Waals surface area contributed by atoms with Crippen LogP contribution in [0.15, 0.2) is 48.0 Å². The Morgan fingerprint density at radius 3 is 2.62 bits per heavy atom. The summed E-state index contributed by atoms with van der Waals surface area (Å²) in [7, 11) is 1.44. The number of hydrogen-bond donors (Lipinski definition) is 1. The average molecular weight is 437 g/mol. The van der Waals surface area contributed by atoms with E-state index in [4.69, 9.17) is 14.2 Å². The molecule has 0 spiro atoms. The van der Waals surface area contributed by atoms with E-state index in [1.165, 1.54) is 13.2 Å². The van der Waals surface area contributed by atoms with Crippen LogP contribution in [-0.4, -0.2) is 32.1 Å². The molecule has 0 atom stereocenters. The fourth-order valence-corrected chi connectivity index (χ4v) is 2.80. The van der Waals surface area contributed by atoms with Gasteiger partial charge >= 0.3 is 5.97 Å². The van der Waals surface area contributed by atoms with Crippen LogP contribution in [0.4, 0.5) is 0 Å². The van der Waals surface area contributed by atoms with Gasteiger partial charge in [0.15, 0.2) is 18.1 Å². The first-order chi connectivity index (χ1) is 15.5. The Bertz CT molecular complexity index is 1010. The summed E-state index contributed by atoms with van der Waals surface area (Å²) in [5.74, 6) is 0.0893. The summed E-state index contributed by atoms with van der Waals surface area (Å²) in [5, 5.41) is 12.0. The molecule has 0 saturated heterocycles. The number of nitrogens with zero attached hydrogens (tertiary/aromatic N) is 1. The predicted molar refractivity (Wildman–Crippen MR) is 121 cm³/mol. The topological polar surface area (TPSA) is 97.7 Å². The quantitative estimate of drug-likeness (QED) is 0.188. The van der Waals surface area contributed by atoms with Crippen LogP contribution < -0.4 is 19.5 Å². The molecule has 0 aliphatic heterocycles. The number of unbranched alkanes of at least 4 members (excludes halogenated alkanes) is 1. The van der Waals surface area contributed by atoms with Crippen molar-refractivity contribution in [3.63, 3.8) is 0 Å². The summed E-state index contributed by atoms with van der Waals surface area (Å²) in [6.45, 7) is 4.31. The van der Waals surface area contributed by atoms with E-state index in [9.17, 15) is 14.9 Å². The Morgan fingerprint density at radius 2 is 1.94 bits per heavy atom. The minimum absolute atomic E-state index is 0.0180. The number of carbonyl (C=O) groups is 2. The zero-order valence-corrected chi connectivity index (χ0v) is 18.6. The molecule has 0 aromatic heterocycles. The van der Waals surface area contributed by atoms with Crippen LogP contribution in [0.3, 0.4) is 0 Å². The van der Waals surface area contributed by atoms with E-state index in [-0.39, 0.29) is 17.9 Å². The zero-order chi connectivity index (χ0) is 23.3. The minimum atomic E-state index is -0.582. The normalized spacial score (nSPS) is 10.8. The van der Waals surface area contributed by atoms with E-state index in [1.807, 2.05) is 38.1 Å². The molecule has 168 valence electrons. The van der Waals surface area contributed by atoms with Crippen LogP contribution in [0.5, 0.6) is 17.2 Å². The summed E-state index contributed by atoms with van der Waals surface area (Å²) in [5.41, 5.74) is 1.66. The standard InChI is InChI=1S/C25H28N2O5/c1-4-6-12-27-25(29)20(16-26)13-19-10-11-22(23(15-19)30-3)32-24(28)17-31-21-9-7-8-18(5-2)14-21/h7-11,13-15H,4-6,12,17H2,1-3H3,(H,27,29)/b20-13+. The van der Waals surface area contributed by atoms with Crippen LogP contribution in [0.25, 0.3) is 6.08 Å². The fourth-order valence-electron chi connectivity index (χ4n) is 2.80. The lowest BCUT2D eigenvalue weighted by atomic mass is 10.1. The van der Waals surface area contributed by atoms with Gasteiger partial charge in [0.25, 0.3) is 5.91 Å². The molecular weight excluding hydrogens is 408 g/mol. The largest absolute Gasteiger partial charge is 0.493 e. The highest BCUT2D eigenvalue weighted by Gasteiger charge is 2.13. The van der Waals surface area contributed by atoms with E-state index >= 15 is 0 Å². The van der Waals surface area contributed by atoms with E-state index < -0.39 is 11.9 Å². The summed E-state index contributed by atoms with van der Waals surface area (Å²) in [6, 6.07) is 14.2. The first kappa shape index (κ1) is 24.5. The van der Waals surface area contributed by atoms with Gasteiger partial charge in [0.05, 0.1) is 7.11 Å². The van der Waals surface area contributed by atoms with Crippen molar-refractivity contribution in [3.05, 3.63) is 59.2 Å². The highest BCUT2D eigenvalue weighted by atomic mass is 16.6. The summed E-state index contributed by atoms with van der Waals surface area (Å²) in [6.07, 6.45) is 4.11. The van der Waals surface area contributed by atoms with Crippen LogP contribution in [-0.2, 0) is 16.0 Å². The van der Waals surface area contributed by atoms with Crippen LogP contribution in [0.2, 0.25) is 0 Å². The smallest absolute Gasteiger partial charge is 0.349 e. The molecular formula is C25H28N2O5. The number of amides is 1. The molecule has 1 N–H and O–H groups in total. The molecule has 0 bridgehead atoms. The van der Waals surface area contributed by atoms with Gasteiger partial charge in [-0.2, -0.15) is 5.26 Å². The Labute approximate surface area is 188 Å². The Balaban J connectivity index is 2.05. The van der Waals surface area contributed by atoms with Gasteiger partial charge < -0.3 is 19.5 Å². The molecule has 0 heterocycles. The zero-order valence-electron chi connectivity index (χ0n) is 18.6. The number of esters is 1. The molecule has 0 aliphatic carbocycles. The van der Waals surface area contributed by atoms with Crippen LogP contribution >= 0.6 is 0 Å². The van der Waals surface area contributed by atoms with Crippen molar-refractivity contribution < 1.29 is 23.8 Å². The first-order valence-corrected chi connectivity index (χ1v) is 10.5. The molecule has 0 radical (unpaired) electrons. The van der Waals surface area contributed by atoms with Gasteiger partial charge in [-0.25, -0.2) is 4.79 Å². The van der Waals surface area contributed by atoms with E-state index in [2.05, 4.69) is 5.32 Å². The van der Waals surface area contributed by atoms with Gasteiger partial charge in [-0.3, -0.25) is 4.79 Å². The number of hydrogen-bond acceptors (Lipinski definition) is 6. The second-order valence-corrected chi connectivity index (χ2v) is 6.95. The number of rotatable bonds is 11. The third-order valence-electron chi connectivity index (χ3n) is 4.57. The van der Waals surface area contributed by atoms with Crippen molar-refractivity contribution >= 4 is 18.0 Å². The highest BCUT2D eigenvalue weighted by Crippen LogP contribution is 2.29. The molecule has 2 rings (SSSR count). The van der Waals surface area contributed by atoms with Gasteiger partial charge in [-0.05, 0) is 54.3 Å². The maximum atomic E-state index is 12.2. The van der Waals surface area contributed by atoms with E-state index in [0.29, 0.717) is 23.6 Å². The number of aryl methyl sites for hydroxylation is 1. The lowest BCUT2D eigenvalue weighted by Gasteiger charge is -2.11. The summed E-state index contributed by atoms with van der Waals surface area (Å²) >= 11 is 0. The molecule has 7 heteroatoms. The van der Waals surface area contributed by atoms with E-state index in [1.54, 1.807) is 24.3 Å². The molecule has 0 unspecified atom stereocenters. The molecule has 2 aromatic carbocycles. The second-order valence-electron chi connectivity index (χ2n) is 6.95. The number of nitriles is 1. The molecule has 2 aromatic rings. The third-order valence-corrected chi connectivity index (χ3v) is 4.57. The van der Waals surface area contributed by atoms with Gasteiger partial charge in [-0.15, -0.1) is 0 Å². The van der Waals surface area contributed by atoms with Gasteiger partial charge in [0.2, 0.25) is 0 Å². The maximum absolute atomic E-state index is 12.2. The number of carbonyl (C=O) groups excluding carboxylic acids is 2. The fraction of sp³-hybridized carbons (Fsp3) is 0.320. The summed E-state index contributed by atoms with van der Waals surface area (Å²) in [4.78, 5) is 24.4. The van der Waals surface area contributed by atoms with Crippen molar-refractivity contribution in [3.8, 4) is 23.3 Å². The Kier molecular flexibility index (Phi) is 9.79. The molecule has 7 nitrogen and oxygen atoms in total. The third kappa shape index (κ3) is 7.47. The van der Waals surface area contributed by atoms with Crippen molar-refractivity contribution in [2.45, 2.75) is 33.1 Å². The van der Waals surface area contributed by atoms with Crippen molar-refractivity contribution in [2.24, 2.45) is 0 Å². The number of benzene rings is 2. The predicted octanol–water partition coefficient (Wildman–Crippen LogP) is 4.07. The van der Waals surface area contributed by atoms with E-state index in [0.717, 1.165) is 24.8 Å². The van der Waals surface area contributed by atoms with Crippen molar-refractivity contribution in [2.75, 3.05) is 20.3 Å². The number of ether oxygens (including phenoxy) is 3. The average Bonchev–Trinajstić information content (AvgIpc) is 2.82. The van der Waals surface area contributed by atoms with Crippen molar-refractivity contribution in [1.29, 1.82) is 5.26 Å². The highest BCUT2D eigenvalue weighted by molar-refractivity contribution is 6.01. The second kappa shape index (κ2) is 12.8. The van der Waals surface area contributed by atoms with Crippen LogP contribution in [0.1, 0.15) is 37.8 Å². The minimum Gasteiger partial charge on any atom is -0.493 e. The van der Waals surface area contributed by atoms with Crippen LogP contribution in [0, 0.1) is 11.3 Å². The summed E-state index contributed by atoms with van der Waals surface area (Å²) < 4.78 is 16.2. The lowest BCUT2D eigenvalue weighted by molar-refractivity contribution is -0.136.